The van der Waals surface area contributed by atoms with Gasteiger partial charge in [-0.15, -0.1) is 0 Å². The number of allylic oxidation sites excluding steroid dienone is 1. The molecule has 3 atom stereocenters. The van der Waals surface area contributed by atoms with Gasteiger partial charge < -0.3 is 15.4 Å². The molecule has 0 bridgehead atoms. The van der Waals surface area contributed by atoms with Gasteiger partial charge >= 0.3 is 0 Å². The molecule has 2 aromatic heterocycles. The lowest BCUT2D eigenvalue weighted by Gasteiger charge is -2.27. The fourth-order valence-corrected chi connectivity index (χ4v) is 5.33. The lowest BCUT2D eigenvalue weighted by atomic mass is 10.0. The lowest BCUT2D eigenvalue weighted by Crippen LogP contribution is -2.41. The first-order chi connectivity index (χ1) is 18.0. The maximum Gasteiger partial charge on any atom is 0.258 e. The summed E-state index contributed by atoms with van der Waals surface area (Å²) in [4.78, 5) is 24.4. The molecule has 1 saturated carbocycles. The van der Waals surface area contributed by atoms with Crippen LogP contribution in [0.2, 0.25) is 0 Å². The molecule has 10 heteroatoms. The number of benzene rings is 1. The number of halogens is 2. The molecule has 190 valence electrons. The molecule has 1 aliphatic carbocycles. The van der Waals surface area contributed by atoms with Gasteiger partial charge in [0.2, 0.25) is 0 Å². The van der Waals surface area contributed by atoms with E-state index in [1.54, 1.807) is 35.2 Å². The van der Waals surface area contributed by atoms with Gasteiger partial charge in [-0.25, -0.2) is 8.78 Å². The molecule has 8 nitrogen and oxygen atoms in total. The first-order valence-electron chi connectivity index (χ1n) is 12.3. The normalized spacial score (nSPS) is 22.8. The Hall–Kier alpha value is -3.92. The molecule has 37 heavy (non-hydrogen) atoms. The standard InChI is InChI=1S/C27H26F2N6O2/c28-17-5-6-22(32-13-17)21(30)7-8-31-14-18-11-16-12-23(16)35(18)27(36)25-24-15-37-10-9-34(24)33-26(25)19-3-1-2-4-20(19)29/h1-8,13,16,18,23H,9-12,14-15,30H2/b21-7-,31-8?/t16-,18+,23+/m1/s1. The van der Waals surface area contributed by atoms with Crippen LogP contribution in [0.15, 0.2) is 53.7 Å². The van der Waals surface area contributed by atoms with Gasteiger partial charge in [0, 0.05) is 17.8 Å². The molecule has 3 aliphatic rings. The van der Waals surface area contributed by atoms with Crippen molar-refractivity contribution in [1.29, 1.82) is 0 Å². The Morgan fingerprint density at radius 2 is 2.08 bits per heavy atom. The molecule has 1 saturated heterocycles. The summed E-state index contributed by atoms with van der Waals surface area (Å²) in [5.41, 5.74) is 8.62. The molecular weight excluding hydrogens is 478 g/mol. The van der Waals surface area contributed by atoms with Gasteiger partial charge in [-0.2, -0.15) is 5.10 Å². The van der Waals surface area contributed by atoms with Crippen molar-refractivity contribution in [2.45, 2.75) is 38.1 Å². The monoisotopic (exact) mass is 504 g/mol. The second kappa shape index (κ2) is 9.51. The SMILES string of the molecule is N/C(=C\C=NC[C@@H]1C[C@@H]2C[C@@H]2N1C(=O)c1c(-c2ccccc2F)nn2c1COCC2)c1ccc(F)cn1. The number of aliphatic imine (C=N–C) groups is 1. The van der Waals surface area contributed by atoms with E-state index in [9.17, 15) is 13.6 Å². The third-order valence-corrected chi connectivity index (χ3v) is 7.23. The van der Waals surface area contributed by atoms with Gasteiger partial charge in [0.25, 0.3) is 5.91 Å². The van der Waals surface area contributed by atoms with Crippen LogP contribution in [0.1, 0.15) is 34.6 Å². The molecule has 0 radical (unpaired) electrons. The van der Waals surface area contributed by atoms with Crippen molar-refractivity contribution >= 4 is 17.8 Å². The number of pyridine rings is 1. The number of amides is 1. The molecule has 4 heterocycles. The number of likely N-dealkylation sites (tertiary alicyclic amines) is 1. The Bertz CT molecular complexity index is 1400. The van der Waals surface area contributed by atoms with Gasteiger partial charge in [-0.1, -0.05) is 12.1 Å². The maximum absolute atomic E-state index is 14.8. The molecule has 1 amide bonds. The molecular formula is C27H26F2N6O2. The summed E-state index contributed by atoms with van der Waals surface area (Å²) in [5.74, 6) is -0.549. The lowest BCUT2D eigenvalue weighted by molar-refractivity contribution is 0.0664. The van der Waals surface area contributed by atoms with Crippen LogP contribution in [0.3, 0.4) is 0 Å². The van der Waals surface area contributed by atoms with Crippen LogP contribution in [-0.2, 0) is 17.9 Å². The number of aromatic nitrogens is 3. The highest BCUT2D eigenvalue weighted by molar-refractivity contribution is 6.02. The van der Waals surface area contributed by atoms with Crippen LogP contribution < -0.4 is 5.73 Å². The Kier molecular flexibility index (Phi) is 6.03. The smallest absolute Gasteiger partial charge is 0.258 e. The largest absolute Gasteiger partial charge is 0.397 e. The number of nitrogens with two attached hydrogens (primary N) is 1. The summed E-state index contributed by atoms with van der Waals surface area (Å²) >= 11 is 0. The van der Waals surface area contributed by atoms with Crippen molar-refractivity contribution in [3.8, 4) is 11.3 Å². The number of ether oxygens (including phenoxy) is 1. The quantitative estimate of drug-likeness (QED) is 0.519. The highest BCUT2D eigenvalue weighted by atomic mass is 19.1. The molecule has 2 fully saturated rings. The van der Waals surface area contributed by atoms with Crippen molar-refractivity contribution in [2.24, 2.45) is 16.6 Å². The average molecular weight is 505 g/mol. The minimum absolute atomic E-state index is 0.0837. The zero-order chi connectivity index (χ0) is 25.5. The highest BCUT2D eigenvalue weighted by Gasteiger charge is 2.54. The molecule has 2 aliphatic heterocycles. The van der Waals surface area contributed by atoms with Gasteiger partial charge in [0.15, 0.2) is 0 Å². The number of nitrogens with zero attached hydrogens (tertiary/aromatic N) is 5. The zero-order valence-corrected chi connectivity index (χ0v) is 20.1. The summed E-state index contributed by atoms with van der Waals surface area (Å²) in [6.07, 6.45) is 6.14. The molecule has 3 aromatic rings. The van der Waals surface area contributed by atoms with E-state index in [-0.39, 0.29) is 24.6 Å². The van der Waals surface area contributed by atoms with E-state index in [1.807, 2.05) is 4.90 Å². The number of piperidine rings is 1. The second-order valence-corrected chi connectivity index (χ2v) is 9.59. The Balaban J connectivity index is 1.26. The predicted octanol–water partition coefficient (Wildman–Crippen LogP) is 3.43. The van der Waals surface area contributed by atoms with Crippen LogP contribution in [0.5, 0.6) is 0 Å². The molecule has 1 aromatic carbocycles. The van der Waals surface area contributed by atoms with Crippen LogP contribution >= 0.6 is 0 Å². The van der Waals surface area contributed by atoms with E-state index >= 15 is 0 Å². The topological polar surface area (TPSA) is 98.6 Å². The van der Waals surface area contributed by atoms with E-state index in [2.05, 4.69) is 15.1 Å². The maximum atomic E-state index is 14.8. The van der Waals surface area contributed by atoms with Gasteiger partial charge in [0.05, 0.1) is 61.2 Å². The third-order valence-electron chi connectivity index (χ3n) is 7.23. The van der Waals surface area contributed by atoms with Crippen molar-refractivity contribution in [3.05, 3.63) is 77.3 Å². The Labute approximate surface area is 212 Å². The molecule has 0 unspecified atom stereocenters. The first kappa shape index (κ1) is 23.5. The minimum atomic E-state index is -0.431. The van der Waals surface area contributed by atoms with E-state index in [1.165, 1.54) is 18.2 Å². The van der Waals surface area contributed by atoms with E-state index in [0.29, 0.717) is 59.5 Å². The summed E-state index contributed by atoms with van der Waals surface area (Å²) < 4.78 is 35.3. The van der Waals surface area contributed by atoms with E-state index < -0.39 is 11.6 Å². The molecule has 2 N–H and O–H groups in total. The average Bonchev–Trinajstić information content (AvgIpc) is 3.40. The van der Waals surface area contributed by atoms with Gasteiger partial charge in [0.1, 0.15) is 17.3 Å². The summed E-state index contributed by atoms with van der Waals surface area (Å²) in [5, 5.41) is 4.64. The first-order valence-corrected chi connectivity index (χ1v) is 12.3. The Morgan fingerprint density at radius 1 is 1.22 bits per heavy atom. The summed E-state index contributed by atoms with van der Waals surface area (Å²) in [6, 6.07) is 9.27. The minimum Gasteiger partial charge on any atom is -0.397 e. The van der Waals surface area contributed by atoms with Crippen LogP contribution in [0, 0.1) is 17.6 Å². The van der Waals surface area contributed by atoms with Crippen LogP contribution in [0.4, 0.5) is 8.78 Å². The number of carbonyl (C=O) groups excluding carboxylic acids is 1. The molecule has 6 rings (SSSR count). The number of rotatable bonds is 6. The van der Waals surface area contributed by atoms with Gasteiger partial charge in [-0.05, 0) is 49.1 Å². The van der Waals surface area contributed by atoms with Gasteiger partial charge in [-0.3, -0.25) is 19.5 Å². The van der Waals surface area contributed by atoms with Crippen LogP contribution in [0.25, 0.3) is 17.0 Å². The Morgan fingerprint density at radius 3 is 2.89 bits per heavy atom. The number of carbonyl (C=O) groups is 1. The molecule has 0 spiro atoms. The fraction of sp³-hybridized carbons (Fsp3) is 0.333. The van der Waals surface area contributed by atoms with Crippen molar-refractivity contribution < 1.29 is 18.3 Å². The zero-order valence-electron chi connectivity index (χ0n) is 20.1. The predicted molar refractivity (Wildman–Crippen MR) is 133 cm³/mol. The summed E-state index contributed by atoms with van der Waals surface area (Å²) in [7, 11) is 0. The number of fused-ring (bicyclic) bond motifs is 2. The number of hydrogen-bond acceptors (Lipinski definition) is 6. The van der Waals surface area contributed by atoms with E-state index in [4.69, 9.17) is 10.5 Å². The van der Waals surface area contributed by atoms with Crippen LogP contribution in [-0.4, -0.2) is 57.0 Å². The van der Waals surface area contributed by atoms with Crippen molar-refractivity contribution in [3.63, 3.8) is 0 Å². The van der Waals surface area contributed by atoms with Crippen molar-refractivity contribution in [2.75, 3.05) is 13.2 Å². The highest BCUT2D eigenvalue weighted by Crippen LogP contribution is 2.49. The van der Waals surface area contributed by atoms with E-state index in [0.717, 1.165) is 19.0 Å². The summed E-state index contributed by atoms with van der Waals surface area (Å²) in [6.45, 7) is 1.68. The number of hydrogen-bond donors (Lipinski definition) is 1. The third kappa shape index (κ3) is 4.42. The fourth-order valence-electron chi connectivity index (χ4n) is 5.33. The second-order valence-electron chi connectivity index (χ2n) is 9.59. The van der Waals surface area contributed by atoms with Crippen molar-refractivity contribution in [1.82, 2.24) is 19.7 Å².